The molecule has 0 bridgehead atoms. The summed E-state index contributed by atoms with van der Waals surface area (Å²) >= 11 is 1.52. The molecular formula is C12H17FOS. The molecule has 0 saturated carbocycles. The first-order valence-electron chi connectivity index (χ1n) is 5.22. The van der Waals surface area contributed by atoms with E-state index in [-0.39, 0.29) is 5.82 Å². The smallest absolute Gasteiger partial charge is 0.137 e. The molecule has 1 rings (SSSR count). The molecular weight excluding hydrogens is 211 g/mol. The van der Waals surface area contributed by atoms with Crippen LogP contribution >= 0.6 is 11.8 Å². The first-order valence-corrected chi connectivity index (χ1v) is 6.10. The highest BCUT2D eigenvalue weighted by molar-refractivity contribution is 7.99. The van der Waals surface area contributed by atoms with Gasteiger partial charge in [-0.3, -0.25) is 0 Å². The maximum absolute atomic E-state index is 13.4. The van der Waals surface area contributed by atoms with Crippen LogP contribution in [-0.4, -0.2) is 11.9 Å². The van der Waals surface area contributed by atoms with Gasteiger partial charge in [0.2, 0.25) is 0 Å². The fraction of sp³-hybridized carbons (Fsp3) is 0.500. The number of thioether (sulfide) groups is 1. The molecule has 15 heavy (non-hydrogen) atoms. The summed E-state index contributed by atoms with van der Waals surface area (Å²) < 4.78 is 18.8. The minimum absolute atomic E-state index is 0.169. The molecule has 0 saturated heterocycles. The third kappa shape index (κ3) is 4.12. The molecule has 0 aromatic heterocycles. The highest BCUT2D eigenvalue weighted by atomic mass is 32.2. The summed E-state index contributed by atoms with van der Waals surface area (Å²) in [7, 11) is 0. The Hall–Kier alpha value is -0.700. The maximum Gasteiger partial charge on any atom is 0.137 e. The maximum atomic E-state index is 13.4. The lowest BCUT2D eigenvalue weighted by atomic mass is 10.3. The van der Waals surface area contributed by atoms with Crippen LogP contribution in [0.1, 0.15) is 27.2 Å². The normalized spacial score (nSPS) is 10.7. The fourth-order valence-electron chi connectivity index (χ4n) is 1.14. The minimum atomic E-state index is -0.169. The van der Waals surface area contributed by atoms with Crippen molar-refractivity contribution >= 4 is 11.8 Å². The molecule has 0 atom stereocenters. The van der Waals surface area contributed by atoms with Crippen LogP contribution in [0.4, 0.5) is 4.39 Å². The quantitative estimate of drug-likeness (QED) is 0.701. The number of hydrogen-bond donors (Lipinski definition) is 0. The molecule has 0 N–H and O–H groups in total. The standard InChI is InChI=1S/C12H17FOS/c1-4-7-14-10-5-6-11(13)12(8-10)15-9(2)3/h5-6,8-9H,4,7H2,1-3H3. The first-order chi connectivity index (χ1) is 7.13. The SMILES string of the molecule is CCCOc1ccc(F)c(SC(C)C)c1. The summed E-state index contributed by atoms with van der Waals surface area (Å²) in [6.45, 7) is 6.82. The summed E-state index contributed by atoms with van der Waals surface area (Å²) in [6.07, 6.45) is 0.962. The molecule has 84 valence electrons. The van der Waals surface area contributed by atoms with Crippen molar-refractivity contribution in [3.63, 3.8) is 0 Å². The van der Waals surface area contributed by atoms with Crippen LogP contribution in [0.5, 0.6) is 5.75 Å². The van der Waals surface area contributed by atoms with E-state index in [1.807, 2.05) is 20.8 Å². The van der Waals surface area contributed by atoms with E-state index in [1.165, 1.54) is 17.8 Å². The molecule has 0 radical (unpaired) electrons. The topological polar surface area (TPSA) is 9.23 Å². The molecule has 0 aliphatic carbocycles. The zero-order valence-electron chi connectivity index (χ0n) is 9.42. The molecule has 1 aromatic rings. The molecule has 1 aromatic carbocycles. The summed E-state index contributed by atoms with van der Waals surface area (Å²) in [5.41, 5.74) is 0. The van der Waals surface area contributed by atoms with Crippen molar-refractivity contribution in [2.24, 2.45) is 0 Å². The zero-order valence-corrected chi connectivity index (χ0v) is 10.2. The summed E-state index contributed by atoms with van der Waals surface area (Å²) in [6, 6.07) is 4.92. The van der Waals surface area contributed by atoms with E-state index in [0.29, 0.717) is 16.8 Å². The van der Waals surface area contributed by atoms with Crippen molar-refractivity contribution in [2.45, 2.75) is 37.3 Å². The highest BCUT2D eigenvalue weighted by Crippen LogP contribution is 2.29. The Morgan fingerprint density at radius 2 is 2.13 bits per heavy atom. The highest BCUT2D eigenvalue weighted by Gasteiger charge is 2.06. The van der Waals surface area contributed by atoms with Crippen LogP contribution in [0.25, 0.3) is 0 Å². The second-order valence-corrected chi connectivity index (χ2v) is 5.23. The van der Waals surface area contributed by atoms with Gasteiger partial charge < -0.3 is 4.74 Å². The van der Waals surface area contributed by atoms with Crippen LogP contribution in [0.3, 0.4) is 0 Å². The number of benzene rings is 1. The van der Waals surface area contributed by atoms with E-state index in [4.69, 9.17) is 4.74 Å². The van der Waals surface area contributed by atoms with Crippen LogP contribution in [0, 0.1) is 5.82 Å². The Balaban J connectivity index is 2.75. The van der Waals surface area contributed by atoms with E-state index >= 15 is 0 Å². The van der Waals surface area contributed by atoms with Gasteiger partial charge in [0, 0.05) is 10.1 Å². The van der Waals surface area contributed by atoms with E-state index in [9.17, 15) is 4.39 Å². The van der Waals surface area contributed by atoms with Crippen molar-refractivity contribution in [3.8, 4) is 5.75 Å². The second-order valence-electron chi connectivity index (χ2n) is 3.61. The summed E-state index contributed by atoms with van der Waals surface area (Å²) in [4.78, 5) is 0.665. The van der Waals surface area contributed by atoms with Gasteiger partial charge >= 0.3 is 0 Å². The lowest BCUT2D eigenvalue weighted by Gasteiger charge is -2.09. The molecule has 0 aliphatic heterocycles. The first kappa shape index (κ1) is 12.4. The van der Waals surface area contributed by atoms with Gasteiger partial charge in [-0.2, -0.15) is 0 Å². The Morgan fingerprint density at radius 3 is 2.73 bits per heavy atom. The number of rotatable bonds is 5. The monoisotopic (exact) mass is 228 g/mol. The van der Waals surface area contributed by atoms with Gasteiger partial charge in [-0.05, 0) is 24.6 Å². The number of halogens is 1. The van der Waals surface area contributed by atoms with Gasteiger partial charge in [0.25, 0.3) is 0 Å². The van der Waals surface area contributed by atoms with Gasteiger partial charge in [0.15, 0.2) is 0 Å². The third-order valence-corrected chi connectivity index (χ3v) is 2.78. The largest absolute Gasteiger partial charge is 0.494 e. The molecule has 3 heteroatoms. The van der Waals surface area contributed by atoms with Crippen LogP contribution in [0.2, 0.25) is 0 Å². The number of ether oxygens (including phenoxy) is 1. The van der Waals surface area contributed by atoms with Crippen LogP contribution in [0.15, 0.2) is 23.1 Å². The zero-order chi connectivity index (χ0) is 11.3. The van der Waals surface area contributed by atoms with E-state index in [2.05, 4.69) is 0 Å². The second kappa shape index (κ2) is 6.01. The van der Waals surface area contributed by atoms with Gasteiger partial charge in [0.1, 0.15) is 11.6 Å². The van der Waals surface area contributed by atoms with E-state index in [0.717, 1.165) is 12.2 Å². The lowest BCUT2D eigenvalue weighted by molar-refractivity contribution is 0.316. The van der Waals surface area contributed by atoms with Crippen molar-refractivity contribution in [2.75, 3.05) is 6.61 Å². The van der Waals surface area contributed by atoms with Gasteiger partial charge in [-0.15, -0.1) is 11.8 Å². The van der Waals surface area contributed by atoms with Gasteiger partial charge in [-0.25, -0.2) is 4.39 Å². The minimum Gasteiger partial charge on any atom is -0.494 e. The molecule has 0 spiro atoms. The Kier molecular flexibility index (Phi) is 4.95. The Bertz CT molecular complexity index is 312. The molecule has 0 unspecified atom stereocenters. The molecule has 0 aliphatic rings. The van der Waals surface area contributed by atoms with Gasteiger partial charge in [-0.1, -0.05) is 20.8 Å². The van der Waals surface area contributed by atoms with Crippen molar-refractivity contribution in [1.82, 2.24) is 0 Å². The van der Waals surface area contributed by atoms with Crippen molar-refractivity contribution < 1.29 is 9.13 Å². The summed E-state index contributed by atoms with van der Waals surface area (Å²) in [5.74, 6) is 0.582. The number of hydrogen-bond acceptors (Lipinski definition) is 2. The fourth-order valence-corrected chi connectivity index (χ4v) is 2.01. The molecule has 0 amide bonds. The van der Waals surface area contributed by atoms with Crippen molar-refractivity contribution in [3.05, 3.63) is 24.0 Å². The van der Waals surface area contributed by atoms with Gasteiger partial charge in [0.05, 0.1) is 6.61 Å². The van der Waals surface area contributed by atoms with Crippen LogP contribution in [-0.2, 0) is 0 Å². The third-order valence-electron chi connectivity index (χ3n) is 1.74. The predicted octanol–water partition coefficient (Wildman–Crippen LogP) is 4.12. The molecule has 0 heterocycles. The average molecular weight is 228 g/mol. The lowest BCUT2D eigenvalue weighted by Crippen LogP contribution is -1.96. The van der Waals surface area contributed by atoms with Crippen molar-refractivity contribution in [1.29, 1.82) is 0 Å². The molecule has 0 fully saturated rings. The predicted molar refractivity (Wildman–Crippen MR) is 63.2 cm³/mol. The Labute approximate surface area is 95.0 Å². The Morgan fingerprint density at radius 1 is 1.40 bits per heavy atom. The summed E-state index contributed by atoms with van der Waals surface area (Å²) in [5, 5.41) is 0.376. The van der Waals surface area contributed by atoms with E-state index < -0.39 is 0 Å². The van der Waals surface area contributed by atoms with E-state index in [1.54, 1.807) is 12.1 Å². The van der Waals surface area contributed by atoms with Crippen LogP contribution < -0.4 is 4.74 Å². The molecule has 1 nitrogen and oxygen atoms in total. The average Bonchev–Trinajstić information content (AvgIpc) is 2.18.